The Kier molecular flexibility index (Phi) is 7.34. The van der Waals surface area contributed by atoms with Crippen LogP contribution in [0.2, 0.25) is 0 Å². The molecule has 9 nitrogen and oxygen atoms in total. The maximum Gasteiger partial charge on any atom is 0.314 e. The van der Waals surface area contributed by atoms with Gasteiger partial charge >= 0.3 is 5.97 Å². The van der Waals surface area contributed by atoms with Gasteiger partial charge in [-0.05, 0) is 36.5 Å². The highest BCUT2D eigenvalue weighted by atomic mass is 16.6. The average Bonchev–Trinajstić information content (AvgIpc) is 3.37. The molecule has 0 spiro atoms. The Morgan fingerprint density at radius 3 is 2.47 bits per heavy atom. The van der Waals surface area contributed by atoms with Crippen LogP contribution in [-0.2, 0) is 20.7 Å². The lowest BCUT2D eigenvalue weighted by molar-refractivity contribution is -0.185. The number of amides is 1. The second-order valence-corrected chi connectivity index (χ2v) is 8.80. The zero-order chi connectivity index (χ0) is 24.0. The van der Waals surface area contributed by atoms with Crippen molar-refractivity contribution in [2.45, 2.75) is 31.9 Å². The molecule has 3 aromatic rings. The molecule has 0 aliphatic carbocycles. The molecule has 9 heteroatoms. The number of nitrogens with one attached hydrogen (secondary N) is 2. The molecule has 1 fully saturated rings. The Morgan fingerprint density at radius 2 is 1.88 bits per heavy atom. The molecule has 4 rings (SSSR count). The molecule has 1 saturated heterocycles. The Morgan fingerprint density at radius 1 is 1.18 bits per heavy atom. The Labute approximate surface area is 197 Å². The van der Waals surface area contributed by atoms with E-state index >= 15 is 0 Å². The topological polar surface area (TPSA) is 126 Å². The summed E-state index contributed by atoms with van der Waals surface area (Å²) in [6.45, 7) is 1.94. The number of ether oxygens (including phenoxy) is 2. The molecular formula is C25H28N4O5. The van der Waals surface area contributed by atoms with Gasteiger partial charge in [-0.15, -0.1) is 5.10 Å². The van der Waals surface area contributed by atoms with Crippen LogP contribution < -0.4 is 5.32 Å². The smallest absolute Gasteiger partial charge is 0.314 e. The van der Waals surface area contributed by atoms with Gasteiger partial charge in [0.2, 0.25) is 0 Å². The zero-order valence-electron chi connectivity index (χ0n) is 18.9. The van der Waals surface area contributed by atoms with Crippen LogP contribution in [0.1, 0.15) is 29.4 Å². The van der Waals surface area contributed by atoms with E-state index in [9.17, 15) is 14.7 Å². The summed E-state index contributed by atoms with van der Waals surface area (Å²) < 4.78 is 10.5. The van der Waals surface area contributed by atoms with Gasteiger partial charge in [-0.2, -0.15) is 0 Å². The van der Waals surface area contributed by atoms with Gasteiger partial charge in [-0.25, -0.2) is 0 Å². The molecule has 2 heterocycles. The van der Waals surface area contributed by atoms with E-state index in [1.807, 2.05) is 54.6 Å². The average molecular weight is 465 g/mol. The van der Waals surface area contributed by atoms with Gasteiger partial charge in [-0.3, -0.25) is 14.7 Å². The lowest BCUT2D eigenvalue weighted by Gasteiger charge is -2.34. The Balaban J connectivity index is 1.51. The second kappa shape index (κ2) is 10.6. The minimum atomic E-state index is -1.19. The van der Waals surface area contributed by atoms with Crippen molar-refractivity contribution in [3.8, 4) is 11.1 Å². The van der Waals surface area contributed by atoms with Crippen molar-refractivity contribution in [2.24, 2.45) is 5.41 Å². The molecule has 1 aliphatic rings. The van der Waals surface area contributed by atoms with E-state index in [1.54, 1.807) is 6.92 Å². The predicted molar refractivity (Wildman–Crippen MR) is 124 cm³/mol. The first-order chi connectivity index (χ1) is 16.5. The first kappa shape index (κ1) is 23.6. The second-order valence-electron chi connectivity index (χ2n) is 8.80. The van der Waals surface area contributed by atoms with Gasteiger partial charge in [0, 0.05) is 6.04 Å². The van der Waals surface area contributed by atoms with Crippen LogP contribution in [0.25, 0.3) is 11.1 Å². The van der Waals surface area contributed by atoms with Gasteiger partial charge in [0.25, 0.3) is 5.91 Å². The van der Waals surface area contributed by atoms with Crippen LogP contribution >= 0.6 is 0 Å². The minimum absolute atomic E-state index is 0.184. The van der Waals surface area contributed by atoms with Crippen LogP contribution in [0.15, 0.2) is 60.8 Å². The summed E-state index contributed by atoms with van der Waals surface area (Å²) in [5.41, 5.74) is 2.20. The van der Waals surface area contributed by atoms with Gasteiger partial charge in [0.1, 0.15) is 11.8 Å². The lowest BCUT2D eigenvalue weighted by Crippen LogP contribution is -2.47. The zero-order valence-corrected chi connectivity index (χ0v) is 18.9. The monoisotopic (exact) mass is 464 g/mol. The summed E-state index contributed by atoms with van der Waals surface area (Å²) in [4.78, 5) is 25.5. The van der Waals surface area contributed by atoms with Crippen molar-refractivity contribution in [2.75, 3.05) is 19.8 Å². The van der Waals surface area contributed by atoms with E-state index in [0.717, 1.165) is 16.7 Å². The van der Waals surface area contributed by atoms with E-state index in [4.69, 9.17) is 9.47 Å². The molecule has 3 N–H and O–H groups in total. The van der Waals surface area contributed by atoms with Crippen molar-refractivity contribution in [3.05, 3.63) is 72.1 Å². The number of hydrogen-bond acceptors (Lipinski definition) is 7. The number of aliphatic hydroxyl groups excluding tert-OH is 1. The molecule has 1 aliphatic heterocycles. The third-order valence-electron chi connectivity index (χ3n) is 5.96. The molecule has 2 unspecified atom stereocenters. The first-order valence-corrected chi connectivity index (χ1v) is 11.2. The number of aromatic nitrogens is 3. The molecule has 0 bridgehead atoms. The van der Waals surface area contributed by atoms with Crippen LogP contribution in [0.3, 0.4) is 0 Å². The van der Waals surface area contributed by atoms with Gasteiger partial charge in [0.15, 0.2) is 0 Å². The molecule has 178 valence electrons. The molecular weight excluding hydrogens is 436 g/mol. The fourth-order valence-corrected chi connectivity index (χ4v) is 3.83. The fraction of sp³-hybridized carbons (Fsp3) is 0.360. The quantitative estimate of drug-likeness (QED) is 0.393. The first-order valence-electron chi connectivity index (χ1n) is 11.2. The largest absolute Gasteiger partial charge is 0.457 e. The predicted octanol–water partition coefficient (Wildman–Crippen LogP) is 2.14. The van der Waals surface area contributed by atoms with E-state index in [1.165, 1.54) is 6.20 Å². The maximum absolute atomic E-state index is 12.8. The van der Waals surface area contributed by atoms with E-state index in [0.29, 0.717) is 19.6 Å². The number of carbonyl (C=O) groups is 2. The Bertz CT molecular complexity index is 1080. The summed E-state index contributed by atoms with van der Waals surface area (Å²) in [5.74, 6) is -0.901. The number of nitrogens with zero attached hydrogens (tertiary/aromatic N) is 2. The lowest BCUT2D eigenvalue weighted by atomic mass is 9.82. The molecule has 1 amide bonds. The van der Waals surface area contributed by atoms with Crippen molar-refractivity contribution < 1.29 is 24.2 Å². The Hall–Kier alpha value is -3.56. The van der Waals surface area contributed by atoms with E-state index in [2.05, 4.69) is 20.7 Å². The van der Waals surface area contributed by atoms with Crippen LogP contribution in [-0.4, -0.2) is 64.4 Å². The third kappa shape index (κ3) is 5.67. The molecule has 2 aromatic carbocycles. The number of esters is 1. The summed E-state index contributed by atoms with van der Waals surface area (Å²) in [6.07, 6.45) is 1.67. The van der Waals surface area contributed by atoms with Gasteiger partial charge < -0.3 is 19.9 Å². The summed E-state index contributed by atoms with van der Waals surface area (Å²) in [7, 11) is 0. The minimum Gasteiger partial charge on any atom is -0.457 e. The van der Waals surface area contributed by atoms with Gasteiger partial charge in [0.05, 0.1) is 31.4 Å². The number of aliphatic hydroxyl groups is 1. The SMILES string of the molecule is CC(CO)(CC(Cc1ccc(-c2ccccc2)cc1)NC(=O)c1cnn[nH]1)C(=O)OC1COC1. The van der Waals surface area contributed by atoms with Crippen molar-refractivity contribution in [1.82, 2.24) is 20.7 Å². The van der Waals surface area contributed by atoms with Crippen LogP contribution in [0.5, 0.6) is 0 Å². The summed E-state index contributed by atoms with van der Waals surface area (Å²) in [5, 5.41) is 22.8. The molecule has 0 saturated carbocycles. The maximum atomic E-state index is 12.8. The number of H-pyrrole nitrogens is 1. The molecule has 34 heavy (non-hydrogen) atoms. The number of rotatable bonds is 10. The molecule has 2 atom stereocenters. The van der Waals surface area contributed by atoms with Gasteiger partial charge in [-0.1, -0.05) is 59.8 Å². The van der Waals surface area contributed by atoms with E-state index in [-0.39, 0.29) is 18.2 Å². The van der Waals surface area contributed by atoms with Crippen LogP contribution in [0.4, 0.5) is 0 Å². The number of aromatic amines is 1. The van der Waals surface area contributed by atoms with Crippen molar-refractivity contribution in [3.63, 3.8) is 0 Å². The standard InChI is InChI=1S/C25H28N4O5/c1-25(16-30,24(32)34-21-14-33-15-21)12-20(27-23(31)22-13-26-29-28-22)11-17-7-9-19(10-8-17)18-5-3-2-4-6-18/h2-10,13,20-21,30H,11-12,14-16H2,1H3,(H,27,31)(H,26,28,29). The summed E-state index contributed by atoms with van der Waals surface area (Å²) >= 11 is 0. The van der Waals surface area contributed by atoms with Crippen molar-refractivity contribution >= 4 is 11.9 Å². The van der Waals surface area contributed by atoms with Crippen LogP contribution in [0, 0.1) is 5.41 Å². The number of hydrogen-bond donors (Lipinski definition) is 3. The normalized spacial score (nSPS) is 16.2. The fourth-order valence-electron chi connectivity index (χ4n) is 3.83. The number of benzene rings is 2. The molecule has 0 radical (unpaired) electrons. The highest BCUT2D eigenvalue weighted by Crippen LogP contribution is 2.28. The van der Waals surface area contributed by atoms with E-state index < -0.39 is 29.9 Å². The highest BCUT2D eigenvalue weighted by molar-refractivity contribution is 5.92. The summed E-state index contributed by atoms with van der Waals surface area (Å²) in [6, 6.07) is 17.6. The van der Waals surface area contributed by atoms with Crippen molar-refractivity contribution in [1.29, 1.82) is 0 Å². The number of carbonyl (C=O) groups excluding carboxylic acids is 2. The highest BCUT2D eigenvalue weighted by Gasteiger charge is 2.39. The third-order valence-corrected chi connectivity index (χ3v) is 5.96. The molecule has 1 aromatic heterocycles.